The van der Waals surface area contributed by atoms with Gasteiger partial charge in [-0.05, 0) is 105 Å². The zero-order valence-electron chi connectivity index (χ0n) is 22.5. The third kappa shape index (κ3) is 3.16. The molecule has 5 aliphatic rings. The molecule has 4 aliphatic carbocycles. The molecule has 0 radical (unpaired) electrons. The Morgan fingerprint density at radius 1 is 1.03 bits per heavy atom. The van der Waals surface area contributed by atoms with Crippen LogP contribution in [0.3, 0.4) is 0 Å². The van der Waals surface area contributed by atoms with Crippen LogP contribution in [0.2, 0.25) is 0 Å². The Balaban J connectivity index is 1.46. The van der Waals surface area contributed by atoms with Gasteiger partial charge in [0.15, 0.2) is 0 Å². The number of Topliss-reactive ketones (excluding diaryl/α,β-unsaturated/α-hetero) is 1. The molecule has 3 nitrogen and oxygen atoms in total. The number of allylic oxidation sites excluding steroid dienone is 1. The fourth-order valence-electron chi connectivity index (χ4n) is 9.76. The van der Waals surface area contributed by atoms with Gasteiger partial charge in [0.25, 0.3) is 0 Å². The van der Waals surface area contributed by atoms with Gasteiger partial charge >= 0.3 is 0 Å². The highest BCUT2D eigenvalue weighted by atomic mass is 16.6. The van der Waals surface area contributed by atoms with Crippen LogP contribution in [-0.2, 0) is 9.53 Å². The van der Waals surface area contributed by atoms with E-state index in [0.29, 0.717) is 30.1 Å². The molecule has 1 aliphatic heterocycles. The molecule has 186 valence electrons. The van der Waals surface area contributed by atoms with Crippen LogP contribution >= 0.6 is 0 Å². The van der Waals surface area contributed by atoms with Crippen molar-refractivity contribution < 1.29 is 14.6 Å². The zero-order chi connectivity index (χ0) is 24.2. The fraction of sp³-hybridized carbons (Fsp3) is 0.900. The number of aliphatic hydroxyl groups excluding tert-OH is 1. The second kappa shape index (κ2) is 7.19. The number of ketones is 1. The molecule has 1 unspecified atom stereocenters. The van der Waals surface area contributed by atoms with Crippen molar-refractivity contribution in [2.24, 2.45) is 39.4 Å². The molecule has 1 N–H and O–H groups in total. The summed E-state index contributed by atoms with van der Waals surface area (Å²) in [6, 6.07) is 0. The van der Waals surface area contributed by atoms with Gasteiger partial charge in [0.1, 0.15) is 5.78 Å². The van der Waals surface area contributed by atoms with Crippen molar-refractivity contribution in [1.29, 1.82) is 0 Å². The Morgan fingerprint density at radius 3 is 2.33 bits per heavy atom. The molecule has 8 atom stereocenters. The van der Waals surface area contributed by atoms with Gasteiger partial charge in [0.05, 0.1) is 17.8 Å². The topological polar surface area (TPSA) is 49.8 Å². The number of carbonyl (C=O) groups is 1. The number of epoxide rings is 1. The molecule has 3 heteroatoms. The van der Waals surface area contributed by atoms with E-state index in [1.807, 2.05) is 0 Å². The molecule has 0 spiro atoms. The summed E-state index contributed by atoms with van der Waals surface area (Å²) in [6.45, 7) is 18.7. The highest BCUT2D eigenvalue weighted by Gasteiger charge is 2.65. The Hall–Kier alpha value is -0.670. The summed E-state index contributed by atoms with van der Waals surface area (Å²) >= 11 is 0. The molecule has 3 fully saturated rings. The Kier molecular flexibility index (Phi) is 5.24. The number of ether oxygens (including phenoxy) is 1. The van der Waals surface area contributed by atoms with E-state index in [4.69, 9.17) is 4.74 Å². The first-order valence-electron chi connectivity index (χ1n) is 13.8. The van der Waals surface area contributed by atoms with Crippen molar-refractivity contribution in [2.45, 2.75) is 131 Å². The van der Waals surface area contributed by atoms with Crippen LogP contribution in [0.25, 0.3) is 0 Å². The predicted octanol–water partition coefficient (Wildman–Crippen LogP) is 6.87. The average molecular weight is 457 g/mol. The summed E-state index contributed by atoms with van der Waals surface area (Å²) in [5, 5.41) is 11.7. The van der Waals surface area contributed by atoms with Gasteiger partial charge in [-0.15, -0.1) is 0 Å². The van der Waals surface area contributed by atoms with Crippen molar-refractivity contribution in [3.05, 3.63) is 11.1 Å². The largest absolute Gasteiger partial charge is 0.389 e. The molecule has 2 saturated carbocycles. The van der Waals surface area contributed by atoms with Crippen molar-refractivity contribution in [1.82, 2.24) is 0 Å². The van der Waals surface area contributed by atoms with E-state index < -0.39 is 0 Å². The number of rotatable bonds is 4. The first-order valence-corrected chi connectivity index (χ1v) is 13.8. The lowest BCUT2D eigenvalue weighted by Gasteiger charge is -2.61. The van der Waals surface area contributed by atoms with E-state index in [1.54, 1.807) is 5.57 Å². The fourth-order valence-corrected chi connectivity index (χ4v) is 9.76. The summed E-state index contributed by atoms with van der Waals surface area (Å²) in [4.78, 5) is 12.8. The highest BCUT2D eigenvalue weighted by molar-refractivity contribution is 5.85. The van der Waals surface area contributed by atoms with Crippen LogP contribution < -0.4 is 0 Å². The van der Waals surface area contributed by atoms with Gasteiger partial charge in [-0.1, -0.05) is 47.1 Å². The summed E-state index contributed by atoms with van der Waals surface area (Å²) in [7, 11) is 0. The number of carbonyl (C=O) groups excluding carboxylic acids is 1. The van der Waals surface area contributed by atoms with Gasteiger partial charge in [0, 0.05) is 11.8 Å². The van der Waals surface area contributed by atoms with E-state index in [0.717, 1.165) is 19.3 Å². The van der Waals surface area contributed by atoms with E-state index in [2.05, 4.69) is 55.4 Å². The molecule has 0 aromatic rings. The molecular weight excluding hydrogens is 408 g/mol. The lowest BCUT2D eigenvalue weighted by molar-refractivity contribution is -0.141. The SMILES string of the molecule is C[C@H](CCC1OC1(C)C)[C@H]1CC[C@@]2(C)C3=C(CC[C@]12C)[C@@]1(C)CCC(=O)C(C)(C)[C@@H]1C[C@H]3O. The average Bonchev–Trinajstić information content (AvgIpc) is 3.23. The van der Waals surface area contributed by atoms with Gasteiger partial charge in [0.2, 0.25) is 0 Å². The Bertz CT molecular complexity index is 883. The van der Waals surface area contributed by atoms with Crippen molar-refractivity contribution in [3.8, 4) is 0 Å². The van der Waals surface area contributed by atoms with Crippen molar-refractivity contribution in [2.75, 3.05) is 0 Å². The van der Waals surface area contributed by atoms with Gasteiger partial charge in [-0.3, -0.25) is 4.79 Å². The quantitative estimate of drug-likeness (QED) is 0.371. The third-order valence-electron chi connectivity index (χ3n) is 12.3. The molecule has 0 aromatic carbocycles. The highest BCUT2D eigenvalue weighted by Crippen LogP contribution is 2.72. The van der Waals surface area contributed by atoms with E-state index in [1.165, 1.54) is 37.7 Å². The summed E-state index contributed by atoms with van der Waals surface area (Å²) < 4.78 is 5.87. The molecule has 1 saturated heterocycles. The maximum Gasteiger partial charge on any atom is 0.138 e. The normalized spacial score (nSPS) is 48.7. The third-order valence-corrected chi connectivity index (χ3v) is 12.3. The zero-order valence-corrected chi connectivity index (χ0v) is 22.5. The molecule has 0 aromatic heterocycles. The minimum absolute atomic E-state index is 0.0644. The first-order chi connectivity index (χ1) is 15.2. The first kappa shape index (κ1) is 24.0. The van der Waals surface area contributed by atoms with E-state index >= 15 is 0 Å². The maximum absolute atomic E-state index is 12.8. The number of hydrogen-bond acceptors (Lipinski definition) is 3. The monoisotopic (exact) mass is 456 g/mol. The number of fused-ring (bicyclic) bond motifs is 4. The minimum Gasteiger partial charge on any atom is -0.389 e. The van der Waals surface area contributed by atoms with Gasteiger partial charge in [-0.2, -0.15) is 0 Å². The molecule has 0 bridgehead atoms. The summed E-state index contributed by atoms with van der Waals surface area (Å²) in [6.07, 6.45) is 9.71. The Labute approximate surface area is 202 Å². The molecule has 1 heterocycles. The van der Waals surface area contributed by atoms with Crippen LogP contribution in [0.15, 0.2) is 11.1 Å². The van der Waals surface area contributed by atoms with E-state index in [9.17, 15) is 9.90 Å². The van der Waals surface area contributed by atoms with Crippen LogP contribution in [0.1, 0.15) is 113 Å². The van der Waals surface area contributed by atoms with Gasteiger partial charge < -0.3 is 9.84 Å². The minimum atomic E-state index is -0.386. The smallest absolute Gasteiger partial charge is 0.138 e. The summed E-state index contributed by atoms with van der Waals surface area (Å²) in [5.74, 6) is 2.05. The van der Waals surface area contributed by atoms with E-state index in [-0.39, 0.29) is 39.3 Å². The Morgan fingerprint density at radius 2 is 1.70 bits per heavy atom. The van der Waals surface area contributed by atoms with Crippen LogP contribution in [-0.4, -0.2) is 28.7 Å². The maximum atomic E-state index is 12.8. The molecule has 5 rings (SSSR count). The molecular formula is C30H48O3. The molecule has 0 amide bonds. The van der Waals surface area contributed by atoms with Crippen LogP contribution in [0.5, 0.6) is 0 Å². The second-order valence-electron chi connectivity index (χ2n) is 14.4. The second-order valence-corrected chi connectivity index (χ2v) is 14.4. The standard InChI is InChI=1S/C30H48O3/c1-18(9-10-24-27(4,5)33-24)19-11-16-30(8)25-20(12-15-29(19,30)7)28(6)14-13-23(32)26(2,3)22(28)17-21(25)31/h18-19,21-22,24,31H,9-17H2,1-8H3/t18-,19-,21-,22+,24?,28-,29-,30+/m1/s1. The summed E-state index contributed by atoms with van der Waals surface area (Å²) in [5.41, 5.74) is 3.10. The van der Waals surface area contributed by atoms with Crippen molar-refractivity contribution >= 4 is 5.78 Å². The van der Waals surface area contributed by atoms with Crippen molar-refractivity contribution in [3.63, 3.8) is 0 Å². The van der Waals surface area contributed by atoms with Gasteiger partial charge in [-0.25, -0.2) is 0 Å². The lowest BCUT2D eigenvalue weighted by Crippen LogP contribution is -2.57. The number of hydrogen-bond donors (Lipinski definition) is 1. The number of aliphatic hydroxyl groups is 1. The van der Waals surface area contributed by atoms with Crippen LogP contribution in [0.4, 0.5) is 0 Å². The predicted molar refractivity (Wildman–Crippen MR) is 133 cm³/mol. The van der Waals surface area contributed by atoms with Crippen LogP contribution in [0, 0.1) is 39.4 Å². The lowest BCUT2D eigenvalue weighted by atomic mass is 9.43. The molecule has 33 heavy (non-hydrogen) atoms.